The van der Waals surface area contributed by atoms with E-state index in [1.165, 1.54) is 12.8 Å². The summed E-state index contributed by atoms with van der Waals surface area (Å²) in [5.74, 6) is 0.106. The standard InChI is InChI=1S/C11H18N4O2/c1-7(4-5-16)15-9(6-8-2-3-8)10(11(12)17)13-14-15/h7-8,16H,2-6H2,1H3,(H2,12,17). The van der Waals surface area contributed by atoms with Gasteiger partial charge in [0.2, 0.25) is 0 Å². The molecule has 1 atom stereocenters. The Morgan fingerprint density at radius 1 is 1.65 bits per heavy atom. The van der Waals surface area contributed by atoms with Crippen LogP contribution in [0.2, 0.25) is 0 Å². The number of nitrogens with zero attached hydrogens (tertiary/aromatic N) is 3. The molecule has 6 nitrogen and oxygen atoms in total. The first kappa shape index (κ1) is 12.0. The first-order chi connectivity index (χ1) is 8.13. The number of hydrogen-bond donors (Lipinski definition) is 2. The molecule has 0 bridgehead atoms. The Balaban J connectivity index is 2.26. The maximum absolute atomic E-state index is 11.3. The zero-order valence-electron chi connectivity index (χ0n) is 9.96. The van der Waals surface area contributed by atoms with E-state index in [4.69, 9.17) is 10.8 Å². The van der Waals surface area contributed by atoms with Crippen molar-refractivity contribution in [2.24, 2.45) is 11.7 Å². The lowest BCUT2D eigenvalue weighted by atomic mass is 10.1. The minimum Gasteiger partial charge on any atom is -0.396 e. The second-order valence-electron chi connectivity index (χ2n) is 4.70. The Morgan fingerprint density at radius 3 is 2.88 bits per heavy atom. The van der Waals surface area contributed by atoms with Crippen LogP contribution in [-0.4, -0.2) is 32.6 Å². The third-order valence-corrected chi connectivity index (χ3v) is 3.17. The van der Waals surface area contributed by atoms with E-state index in [9.17, 15) is 4.79 Å². The monoisotopic (exact) mass is 238 g/mol. The molecular formula is C11H18N4O2. The summed E-state index contributed by atoms with van der Waals surface area (Å²) in [6, 6.07) is 0.0364. The second kappa shape index (κ2) is 4.83. The molecule has 1 saturated carbocycles. The number of rotatable bonds is 6. The van der Waals surface area contributed by atoms with Crippen molar-refractivity contribution < 1.29 is 9.90 Å². The van der Waals surface area contributed by atoms with Crippen molar-refractivity contribution in [2.75, 3.05) is 6.61 Å². The van der Waals surface area contributed by atoms with Gasteiger partial charge < -0.3 is 10.8 Å². The normalized spacial score (nSPS) is 17.1. The SMILES string of the molecule is CC(CCO)n1nnc(C(N)=O)c1CC1CC1. The predicted molar refractivity (Wildman–Crippen MR) is 61.4 cm³/mol. The number of carbonyl (C=O) groups is 1. The molecule has 6 heteroatoms. The second-order valence-corrected chi connectivity index (χ2v) is 4.70. The van der Waals surface area contributed by atoms with Crippen molar-refractivity contribution in [1.82, 2.24) is 15.0 Å². The zero-order chi connectivity index (χ0) is 12.4. The Hall–Kier alpha value is -1.43. The highest BCUT2D eigenvalue weighted by molar-refractivity contribution is 5.91. The van der Waals surface area contributed by atoms with Crippen LogP contribution in [0.15, 0.2) is 0 Å². The van der Waals surface area contributed by atoms with Crippen LogP contribution in [0, 0.1) is 5.92 Å². The van der Waals surface area contributed by atoms with Gasteiger partial charge in [0, 0.05) is 6.61 Å². The molecule has 0 saturated heterocycles. The van der Waals surface area contributed by atoms with Gasteiger partial charge in [-0.05, 0) is 38.5 Å². The Morgan fingerprint density at radius 2 is 2.35 bits per heavy atom. The fourth-order valence-electron chi connectivity index (χ4n) is 1.95. The van der Waals surface area contributed by atoms with E-state index in [1.54, 1.807) is 4.68 Å². The Labute approximate surface area is 99.8 Å². The van der Waals surface area contributed by atoms with Gasteiger partial charge in [-0.2, -0.15) is 0 Å². The summed E-state index contributed by atoms with van der Waals surface area (Å²) in [5, 5.41) is 16.8. The van der Waals surface area contributed by atoms with Crippen LogP contribution in [0.5, 0.6) is 0 Å². The molecule has 1 aromatic rings. The molecule has 17 heavy (non-hydrogen) atoms. The summed E-state index contributed by atoms with van der Waals surface area (Å²) in [6.07, 6.45) is 3.79. The van der Waals surface area contributed by atoms with Crippen LogP contribution in [-0.2, 0) is 6.42 Å². The van der Waals surface area contributed by atoms with Crippen LogP contribution in [0.25, 0.3) is 0 Å². The number of nitrogens with two attached hydrogens (primary N) is 1. The lowest BCUT2D eigenvalue weighted by Crippen LogP contribution is -2.17. The predicted octanol–water partition coefficient (Wildman–Crippen LogP) is 0.273. The molecule has 1 unspecified atom stereocenters. The number of aliphatic hydroxyl groups is 1. The molecule has 0 radical (unpaired) electrons. The largest absolute Gasteiger partial charge is 0.396 e. The number of carbonyl (C=O) groups excluding carboxylic acids is 1. The van der Waals surface area contributed by atoms with E-state index in [0.29, 0.717) is 12.3 Å². The van der Waals surface area contributed by atoms with Crippen LogP contribution in [0.4, 0.5) is 0 Å². The van der Waals surface area contributed by atoms with Crippen molar-refractivity contribution in [1.29, 1.82) is 0 Å². The topological polar surface area (TPSA) is 94.0 Å². The van der Waals surface area contributed by atoms with Gasteiger partial charge >= 0.3 is 0 Å². The molecule has 1 heterocycles. The van der Waals surface area contributed by atoms with Gasteiger partial charge in [-0.25, -0.2) is 4.68 Å². The van der Waals surface area contributed by atoms with E-state index < -0.39 is 5.91 Å². The molecule has 0 spiro atoms. The Kier molecular flexibility index (Phi) is 3.42. The summed E-state index contributed by atoms with van der Waals surface area (Å²) in [7, 11) is 0. The Bertz CT molecular complexity index is 412. The van der Waals surface area contributed by atoms with Crippen LogP contribution in [0.1, 0.15) is 48.4 Å². The van der Waals surface area contributed by atoms with Gasteiger partial charge in [0.1, 0.15) is 0 Å². The van der Waals surface area contributed by atoms with Crippen molar-refractivity contribution in [2.45, 2.75) is 38.6 Å². The smallest absolute Gasteiger partial charge is 0.271 e. The van der Waals surface area contributed by atoms with Gasteiger partial charge in [0.25, 0.3) is 5.91 Å². The van der Waals surface area contributed by atoms with Gasteiger partial charge in [-0.15, -0.1) is 5.10 Å². The highest BCUT2D eigenvalue weighted by Crippen LogP contribution is 2.33. The molecule has 3 N–H and O–H groups in total. The van der Waals surface area contributed by atoms with E-state index in [-0.39, 0.29) is 18.3 Å². The van der Waals surface area contributed by atoms with Gasteiger partial charge in [-0.1, -0.05) is 5.21 Å². The third kappa shape index (κ3) is 2.63. The average molecular weight is 238 g/mol. The summed E-state index contributed by atoms with van der Waals surface area (Å²) < 4.78 is 1.73. The van der Waals surface area contributed by atoms with E-state index in [2.05, 4.69) is 10.3 Å². The number of primary amides is 1. The highest BCUT2D eigenvalue weighted by Gasteiger charge is 2.28. The molecule has 94 valence electrons. The quantitative estimate of drug-likeness (QED) is 0.744. The number of aliphatic hydroxyl groups excluding tert-OH is 1. The third-order valence-electron chi connectivity index (χ3n) is 3.17. The summed E-state index contributed by atoms with van der Waals surface area (Å²) in [4.78, 5) is 11.3. The molecule has 1 aliphatic rings. The summed E-state index contributed by atoms with van der Waals surface area (Å²) >= 11 is 0. The lowest BCUT2D eigenvalue weighted by molar-refractivity contribution is 0.0994. The molecule has 1 aliphatic carbocycles. The first-order valence-electron chi connectivity index (χ1n) is 5.98. The number of amides is 1. The number of hydrogen-bond acceptors (Lipinski definition) is 4. The van der Waals surface area contributed by atoms with E-state index in [1.807, 2.05) is 6.92 Å². The van der Waals surface area contributed by atoms with Crippen molar-refractivity contribution >= 4 is 5.91 Å². The number of aromatic nitrogens is 3. The summed E-state index contributed by atoms with van der Waals surface area (Å²) in [5.41, 5.74) is 6.39. The van der Waals surface area contributed by atoms with Crippen molar-refractivity contribution in [3.8, 4) is 0 Å². The fraction of sp³-hybridized carbons (Fsp3) is 0.727. The maximum atomic E-state index is 11.3. The molecule has 2 rings (SSSR count). The average Bonchev–Trinajstić information content (AvgIpc) is 2.96. The van der Waals surface area contributed by atoms with Gasteiger partial charge in [0.05, 0.1) is 11.7 Å². The first-order valence-corrected chi connectivity index (χ1v) is 5.98. The van der Waals surface area contributed by atoms with Crippen molar-refractivity contribution in [3.63, 3.8) is 0 Å². The molecule has 1 aromatic heterocycles. The maximum Gasteiger partial charge on any atom is 0.271 e. The molecule has 1 amide bonds. The van der Waals surface area contributed by atoms with E-state index >= 15 is 0 Å². The molecule has 0 aliphatic heterocycles. The minimum atomic E-state index is -0.525. The van der Waals surface area contributed by atoms with E-state index in [0.717, 1.165) is 12.1 Å². The zero-order valence-corrected chi connectivity index (χ0v) is 9.96. The molecule has 1 fully saturated rings. The minimum absolute atomic E-state index is 0.0364. The highest BCUT2D eigenvalue weighted by atomic mass is 16.3. The summed E-state index contributed by atoms with van der Waals surface area (Å²) in [6.45, 7) is 2.04. The fourth-order valence-corrected chi connectivity index (χ4v) is 1.95. The molecule has 0 aromatic carbocycles. The van der Waals surface area contributed by atoms with Crippen LogP contribution in [0.3, 0.4) is 0 Å². The van der Waals surface area contributed by atoms with Crippen molar-refractivity contribution in [3.05, 3.63) is 11.4 Å². The van der Waals surface area contributed by atoms with Crippen LogP contribution >= 0.6 is 0 Å². The lowest BCUT2D eigenvalue weighted by Gasteiger charge is -2.13. The van der Waals surface area contributed by atoms with Gasteiger partial charge in [-0.3, -0.25) is 4.79 Å². The van der Waals surface area contributed by atoms with Crippen LogP contribution < -0.4 is 5.73 Å². The van der Waals surface area contributed by atoms with Gasteiger partial charge in [0.15, 0.2) is 5.69 Å². The molecular weight excluding hydrogens is 220 g/mol.